The summed E-state index contributed by atoms with van der Waals surface area (Å²) < 4.78 is 5.06. The molecule has 1 aliphatic carbocycles. The maximum absolute atomic E-state index is 12.6. The molecule has 1 aliphatic heterocycles. The third-order valence-electron chi connectivity index (χ3n) is 5.84. The number of pyridine rings is 1. The van der Waals surface area contributed by atoms with E-state index < -0.39 is 17.0 Å². The fourth-order valence-corrected chi connectivity index (χ4v) is 4.17. The SMILES string of the molecule is COc1ccc([N+](=O)[O-])c(NC2CCC(NCC(=O)N3[C@H](C#N)CC[C@@H]3C#N)CC2)n1. The lowest BCUT2D eigenvalue weighted by atomic mass is 9.91. The highest BCUT2D eigenvalue weighted by molar-refractivity contribution is 5.80. The van der Waals surface area contributed by atoms with Crippen molar-refractivity contribution in [3.8, 4) is 18.0 Å². The highest BCUT2D eigenvalue weighted by Crippen LogP contribution is 2.29. The Balaban J connectivity index is 1.50. The summed E-state index contributed by atoms with van der Waals surface area (Å²) in [6.07, 6.45) is 4.14. The van der Waals surface area contributed by atoms with Gasteiger partial charge in [-0.05, 0) is 38.5 Å². The molecule has 2 fully saturated rings. The predicted octanol–water partition coefficient (Wildman–Crippen LogP) is 1.72. The summed E-state index contributed by atoms with van der Waals surface area (Å²) in [6.45, 7) is 0.0854. The molecular formula is C20H25N7O4. The van der Waals surface area contributed by atoms with Crippen LogP contribution in [0.25, 0.3) is 0 Å². The van der Waals surface area contributed by atoms with Gasteiger partial charge in [-0.1, -0.05) is 0 Å². The van der Waals surface area contributed by atoms with Gasteiger partial charge in [-0.15, -0.1) is 0 Å². The molecule has 0 bridgehead atoms. The Morgan fingerprint density at radius 3 is 2.35 bits per heavy atom. The predicted molar refractivity (Wildman–Crippen MR) is 110 cm³/mol. The van der Waals surface area contributed by atoms with E-state index in [4.69, 9.17) is 4.74 Å². The lowest BCUT2D eigenvalue weighted by Gasteiger charge is -2.31. The third kappa shape index (κ3) is 5.19. The zero-order valence-corrected chi connectivity index (χ0v) is 17.3. The average Bonchev–Trinajstić information content (AvgIpc) is 3.21. The fraction of sp³-hybridized carbons (Fsp3) is 0.600. The number of aromatic nitrogens is 1. The summed E-state index contributed by atoms with van der Waals surface area (Å²) in [7, 11) is 1.45. The van der Waals surface area contributed by atoms with Gasteiger partial charge in [-0.2, -0.15) is 15.5 Å². The van der Waals surface area contributed by atoms with Crippen LogP contribution in [0.3, 0.4) is 0 Å². The first kappa shape index (κ1) is 22.2. The number of carbonyl (C=O) groups is 1. The molecule has 11 heteroatoms. The summed E-state index contributed by atoms with van der Waals surface area (Å²) >= 11 is 0. The first-order chi connectivity index (χ1) is 15.0. The molecule has 31 heavy (non-hydrogen) atoms. The summed E-state index contributed by atoms with van der Waals surface area (Å²) in [6, 6.07) is 6.10. The maximum atomic E-state index is 12.6. The van der Waals surface area contributed by atoms with Crippen LogP contribution in [0.15, 0.2) is 12.1 Å². The summed E-state index contributed by atoms with van der Waals surface area (Å²) in [4.78, 5) is 28.9. The molecule has 0 spiro atoms. The smallest absolute Gasteiger partial charge is 0.311 e. The molecule has 0 radical (unpaired) electrons. The summed E-state index contributed by atoms with van der Waals surface area (Å²) in [5.74, 6) is 0.261. The molecule has 1 aromatic rings. The minimum absolute atomic E-state index is 0.0246. The van der Waals surface area contributed by atoms with Crippen molar-refractivity contribution >= 4 is 17.4 Å². The second kappa shape index (κ2) is 10.0. The van der Waals surface area contributed by atoms with Crippen LogP contribution < -0.4 is 15.4 Å². The molecule has 0 aromatic carbocycles. The normalized spacial score (nSPS) is 25.3. The lowest BCUT2D eigenvalue weighted by molar-refractivity contribution is -0.384. The van der Waals surface area contributed by atoms with Crippen LogP contribution in [0.4, 0.5) is 11.5 Å². The Bertz CT molecular complexity index is 880. The van der Waals surface area contributed by atoms with Crippen LogP contribution in [0.1, 0.15) is 38.5 Å². The Labute approximate surface area is 180 Å². The Kier molecular flexibility index (Phi) is 7.21. The third-order valence-corrected chi connectivity index (χ3v) is 5.84. The number of rotatable bonds is 7. The standard InChI is InChI=1S/C20H25N7O4/c1-31-18-9-8-17(27(29)30)20(25-18)24-14-4-2-13(3-5-14)23-12-19(28)26-15(10-21)6-7-16(26)11-22/h8-9,13-16,23H,2-7,12H2,1H3,(H,24,25)/t13?,14?,15-,16+. The van der Waals surface area contributed by atoms with Crippen LogP contribution >= 0.6 is 0 Å². The van der Waals surface area contributed by atoms with Crippen LogP contribution in [0.2, 0.25) is 0 Å². The number of nitrogens with zero attached hydrogens (tertiary/aromatic N) is 5. The number of methoxy groups -OCH3 is 1. The van der Waals surface area contributed by atoms with E-state index in [9.17, 15) is 25.4 Å². The minimum Gasteiger partial charge on any atom is -0.481 e. The van der Waals surface area contributed by atoms with E-state index in [0.29, 0.717) is 18.7 Å². The number of anilines is 1. The topological polar surface area (TPSA) is 157 Å². The van der Waals surface area contributed by atoms with E-state index in [-0.39, 0.29) is 36.0 Å². The zero-order chi connectivity index (χ0) is 22.4. The largest absolute Gasteiger partial charge is 0.481 e. The van der Waals surface area contributed by atoms with Gasteiger partial charge in [0.05, 0.1) is 30.7 Å². The number of ether oxygens (including phenoxy) is 1. The Hall–Kier alpha value is -3.44. The number of likely N-dealkylation sites (tertiary alicyclic amines) is 1. The number of nitriles is 2. The van der Waals surface area contributed by atoms with Gasteiger partial charge in [0, 0.05) is 24.2 Å². The average molecular weight is 427 g/mol. The summed E-state index contributed by atoms with van der Waals surface area (Å²) in [5, 5.41) is 36.1. The number of amides is 1. The molecule has 2 N–H and O–H groups in total. The van der Waals surface area contributed by atoms with Crippen molar-refractivity contribution in [2.24, 2.45) is 0 Å². The minimum atomic E-state index is -0.537. The van der Waals surface area contributed by atoms with Crippen molar-refractivity contribution < 1.29 is 14.5 Å². The first-order valence-electron chi connectivity index (χ1n) is 10.3. The van der Waals surface area contributed by atoms with E-state index >= 15 is 0 Å². The monoisotopic (exact) mass is 427 g/mol. The zero-order valence-electron chi connectivity index (χ0n) is 17.3. The molecular weight excluding hydrogens is 402 g/mol. The number of hydrogen-bond acceptors (Lipinski definition) is 9. The van der Waals surface area contributed by atoms with E-state index in [0.717, 1.165) is 25.7 Å². The molecule has 11 nitrogen and oxygen atoms in total. The van der Waals surface area contributed by atoms with Gasteiger partial charge in [-0.25, -0.2) is 0 Å². The molecule has 3 rings (SSSR count). The molecule has 1 saturated heterocycles. The van der Waals surface area contributed by atoms with Crippen molar-refractivity contribution in [2.45, 2.75) is 62.7 Å². The van der Waals surface area contributed by atoms with Gasteiger partial charge in [0.15, 0.2) is 0 Å². The molecule has 2 heterocycles. The molecule has 1 amide bonds. The second-order valence-corrected chi connectivity index (χ2v) is 7.72. The van der Waals surface area contributed by atoms with Crippen molar-refractivity contribution in [3.63, 3.8) is 0 Å². The van der Waals surface area contributed by atoms with Gasteiger partial charge in [0.1, 0.15) is 12.1 Å². The molecule has 2 aliphatic rings. The van der Waals surface area contributed by atoms with Crippen molar-refractivity contribution in [1.29, 1.82) is 10.5 Å². The molecule has 0 unspecified atom stereocenters. The highest BCUT2D eigenvalue weighted by atomic mass is 16.6. The van der Waals surface area contributed by atoms with Crippen molar-refractivity contribution in [3.05, 3.63) is 22.2 Å². The molecule has 164 valence electrons. The number of nitrogens with one attached hydrogen (secondary N) is 2. The van der Waals surface area contributed by atoms with Crippen molar-refractivity contribution in [1.82, 2.24) is 15.2 Å². The number of carbonyl (C=O) groups excluding carboxylic acids is 1. The molecule has 1 saturated carbocycles. The number of nitro groups is 1. The highest BCUT2D eigenvalue weighted by Gasteiger charge is 2.37. The van der Waals surface area contributed by atoms with Crippen LogP contribution in [0.5, 0.6) is 5.88 Å². The lowest BCUT2D eigenvalue weighted by Crippen LogP contribution is -2.47. The van der Waals surface area contributed by atoms with Gasteiger partial charge in [-0.3, -0.25) is 14.9 Å². The van der Waals surface area contributed by atoms with Crippen molar-refractivity contribution in [2.75, 3.05) is 19.0 Å². The van der Waals surface area contributed by atoms with Gasteiger partial charge >= 0.3 is 5.69 Å². The Morgan fingerprint density at radius 1 is 1.19 bits per heavy atom. The summed E-state index contributed by atoms with van der Waals surface area (Å²) in [5.41, 5.74) is -0.101. The van der Waals surface area contributed by atoms with E-state index in [1.165, 1.54) is 24.1 Å². The van der Waals surface area contributed by atoms with Crippen LogP contribution in [0, 0.1) is 32.8 Å². The van der Waals surface area contributed by atoms with E-state index in [1.54, 1.807) is 0 Å². The first-order valence-corrected chi connectivity index (χ1v) is 10.3. The number of hydrogen-bond donors (Lipinski definition) is 2. The van der Waals surface area contributed by atoms with Crippen LogP contribution in [-0.4, -0.2) is 58.5 Å². The van der Waals surface area contributed by atoms with E-state index in [1.807, 2.05) is 0 Å². The fourth-order valence-electron chi connectivity index (χ4n) is 4.17. The van der Waals surface area contributed by atoms with E-state index in [2.05, 4.69) is 27.8 Å². The maximum Gasteiger partial charge on any atom is 0.311 e. The molecule has 1 aromatic heterocycles. The second-order valence-electron chi connectivity index (χ2n) is 7.72. The van der Waals surface area contributed by atoms with Gasteiger partial charge in [0.2, 0.25) is 17.6 Å². The van der Waals surface area contributed by atoms with Gasteiger partial charge in [0.25, 0.3) is 0 Å². The van der Waals surface area contributed by atoms with Crippen LogP contribution in [-0.2, 0) is 4.79 Å². The van der Waals surface area contributed by atoms with Gasteiger partial charge < -0.3 is 20.3 Å². The quantitative estimate of drug-likeness (QED) is 0.488. The Morgan fingerprint density at radius 2 is 1.81 bits per heavy atom. The molecule has 2 atom stereocenters.